The van der Waals surface area contributed by atoms with Crippen LogP contribution in [0.25, 0.3) is 0 Å². The molecule has 2 atom stereocenters. The maximum atomic E-state index is 9.19. The molecule has 2 unspecified atom stereocenters. The summed E-state index contributed by atoms with van der Waals surface area (Å²) in [5, 5.41) is 18.1. The molecule has 0 aliphatic rings. The Balaban J connectivity index is 2.43. The molecular formula is C8H12O3. The van der Waals surface area contributed by atoms with Crippen LogP contribution in [0.1, 0.15) is 12.7 Å². The van der Waals surface area contributed by atoms with Gasteiger partial charge in [0.15, 0.2) is 0 Å². The van der Waals surface area contributed by atoms with E-state index in [0.717, 1.165) is 0 Å². The normalized spacial score (nSPS) is 16.3. The maximum absolute atomic E-state index is 9.19. The van der Waals surface area contributed by atoms with E-state index in [1.807, 2.05) is 0 Å². The van der Waals surface area contributed by atoms with E-state index in [1.54, 1.807) is 25.3 Å². The molecule has 1 rings (SSSR count). The molecule has 11 heavy (non-hydrogen) atoms. The lowest BCUT2D eigenvalue weighted by molar-refractivity contribution is 0.0289. The Morgan fingerprint density at radius 3 is 2.73 bits per heavy atom. The predicted molar refractivity (Wildman–Crippen MR) is 40.1 cm³/mol. The van der Waals surface area contributed by atoms with E-state index in [0.29, 0.717) is 12.2 Å². The van der Waals surface area contributed by atoms with Gasteiger partial charge in [-0.1, -0.05) is 0 Å². The molecule has 3 nitrogen and oxygen atoms in total. The van der Waals surface area contributed by atoms with Crippen molar-refractivity contribution in [3.05, 3.63) is 24.2 Å². The van der Waals surface area contributed by atoms with Crippen molar-refractivity contribution in [2.75, 3.05) is 0 Å². The van der Waals surface area contributed by atoms with E-state index >= 15 is 0 Å². The molecule has 0 saturated heterocycles. The third-order valence-corrected chi connectivity index (χ3v) is 1.55. The highest BCUT2D eigenvalue weighted by atomic mass is 16.3. The molecule has 62 valence electrons. The van der Waals surface area contributed by atoms with Crippen LogP contribution in [0, 0.1) is 0 Å². The predicted octanol–water partition coefficient (Wildman–Crippen LogP) is 0.564. The highest BCUT2D eigenvalue weighted by Gasteiger charge is 2.12. The van der Waals surface area contributed by atoms with Crippen molar-refractivity contribution >= 4 is 0 Å². The summed E-state index contributed by atoms with van der Waals surface area (Å²) in [5.74, 6) is 0.693. The summed E-state index contributed by atoms with van der Waals surface area (Å²) in [6.07, 6.45) is 0.468. The topological polar surface area (TPSA) is 53.6 Å². The van der Waals surface area contributed by atoms with Gasteiger partial charge in [-0.15, -0.1) is 0 Å². The van der Waals surface area contributed by atoms with Gasteiger partial charge in [0.05, 0.1) is 18.5 Å². The lowest BCUT2D eigenvalue weighted by atomic mass is 10.1. The van der Waals surface area contributed by atoms with E-state index in [1.165, 1.54) is 0 Å². The van der Waals surface area contributed by atoms with Crippen molar-refractivity contribution in [3.63, 3.8) is 0 Å². The fraction of sp³-hybridized carbons (Fsp3) is 0.500. The zero-order valence-electron chi connectivity index (χ0n) is 6.40. The number of hydrogen-bond donors (Lipinski definition) is 2. The molecule has 1 aromatic rings. The molecule has 0 radical (unpaired) electrons. The van der Waals surface area contributed by atoms with Gasteiger partial charge in [-0.05, 0) is 19.1 Å². The van der Waals surface area contributed by atoms with Crippen LogP contribution in [-0.4, -0.2) is 22.4 Å². The molecule has 3 heteroatoms. The summed E-state index contributed by atoms with van der Waals surface area (Å²) in [5.41, 5.74) is 0. The molecule has 0 aliphatic carbocycles. The summed E-state index contributed by atoms with van der Waals surface area (Å²) in [6, 6.07) is 3.52. The molecule has 0 bridgehead atoms. The molecule has 1 heterocycles. The van der Waals surface area contributed by atoms with E-state index < -0.39 is 12.2 Å². The Labute approximate surface area is 65.3 Å². The van der Waals surface area contributed by atoms with Crippen LogP contribution < -0.4 is 0 Å². The lowest BCUT2D eigenvalue weighted by Crippen LogP contribution is -2.24. The first-order valence-corrected chi connectivity index (χ1v) is 3.58. The highest BCUT2D eigenvalue weighted by Crippen LogP contribution is 2.06. The van der Waals surface area contributed by atoms with Crippen LogP contribution in [0.15, 0.2) is 22.8 Å². The van der Waals surface area contributed by atoms with E-state index in [-0.39, 0.29) is 0 Å². The van der Waals surface area contributed by atoms with Gasteiger partial charge in [0.1, 0.15) is 5.76 Å². The second-order valence-corrected chi connectivity index (χ2v) is 2.59. The number of furan rings is 1. The quantitative estimate of drug-likeness (QED) is 0.672. The van der Waals surface area contributed by atoms with Gasteiger partial charge in [0.2, 0.25) is 0 Å². The fourth-order valence-corrected chi connectivity index (χ4v) is 0.805. The lowest BCUT2D eigenvalue weighted by Gasteiger charge is -2.10. The van der Waals surface area contributed by atoms with Gasteiger partial charge in [0.25, 0.3) is 0 Å². The second-order valence-electron chi connectivity index (χ2n) is 2.59. The minimum Gasteiger partial charge on any atom is -0.469 e. The Kier molecular flexibility index (Phi) is 2.68. The van der Waals surface area contributed by atoms with Gasteiger partial charge in [-0.2, -0.15) is 0 Å². The summed E-state index contributed by atoms with van der Waals surface area (Å²) in [7, 11) is 0. The molecule has 0 aromatic carbocycles. The number of aliphatic hydroxyl groups is 2. The molecule has 0 amide bonds. The molecule has 0 spiro atoms. The van der Waals surface area contributed by atoms with Gasteiger partial charge in [-0.25, -0.2) is 0 Å². The van der Waals surface area contributed by atoms with Gasteiger partial charge >= 0.3 is 0 Å². The Bertz CT molecular complexity index is 191. The monoisotopic (exact) mass is 156 g/mol. The van der Waals surface area contributed by atoms with Gasteiger partial charge in [-0.3, -0.25) is 0 Å². The number of hydrogen-bond acceptors (Lipinski definition) is 3. The molecule has 0 saturated carbocycles. The summed E-state index contributed by atoms with van der Waals surface area (Å²) in [6.45, 7) is 1.55. The van der Waals surface area contributed by atoms with Crippen LogP contribution in [0.4, 0.5) is 0 Å². The van der Waals surface area contributed by atoms with Crippen LogP contribution in [-0.2, 0) is 6.42 Å². The Morgan fingerprint density at radius 2 is 2.27 bits per heavy atom. The van der Waals surface area contributed by atoms with Crippen LogP contribution in [0.5, 0.6) is 0 Å². The first-order chi connectivity index (χ1) is 5.20. The third kappa shape index (κ3) is 2.37. The zero-order valence-corrected chi connectivity index (χ0v) is 6.40. The molecule has 0 fully saturated rings. The first-order valence-electron chi connectivity index (χ1n) is 3.58. The van der Waals surface area contributed by atoms with Gasteiger partial charge < -0.3 is 14.6 Å². The summed E-state index contributed by atoms with van der Waals surface area (Å²) in [4.78, 5) is 0. The average molecular weight is 156 g/mol. The average Bonchev–Trinajstić information content (AvgIpc) is 2.39. The van der Waals surface area contributed by atoms with Crippen molar-refractivity contribution in [1.82, 2.24) is 0 Å². The molecular weight excluding hydrogens is 144 g/mol. The van der Waals surface area contributed by atoms with E-state index in [9.17, 15) is 5.11 Å². The first kappa shape index (κ1) is 8.30. The van der Waals surface area contributed by atoms with Crippen molar-refractivity contribution in [2.45, 2.75) is 25.6 Å². The molecule has 1 aromatic heterocycles. The second kappa shape index (κ2) is 3.55. The largest absolute Gasteiger partial charge is 0.469 e. The van der Waals surface area contributed by atoms with E-state index in [4.69, 9.17) is 9.52 Å². The minimum absolute atomic E-state index is 0.366. The van der Waals surface area contributed by atoms with Crippen LogP contribution in [0.3, 0.4) is 0 Å². The number of aliphatic hydroxyl groups excluding tert-OH is 2. The van der Waals surface area contributed by atoms with Crippen LogP contribution in [0.2, 0.25) is 0 Å². The van der Waals surface area contributed by atoms with Crippen molar-refractivity contribution in [1.29, 1.82) is 0 Å². The zero-order chi connectivity index (χ0) is 8.27. The maximum Gasteiger partial charge on any atom is 0.106 e. The minimum atomic E-state index is -0.735. The summed E-state index contributed by atoms with van der Waals surface area (Å²) >= 11 is 0. The van der Waals surface area contributed by atoms with Crippen molar-refractivity contribution in [2.24, 2.45) is 0 Å². The fourth-order valence-electron chi connectivity index (χ4n) is 0.805. The SMILES string of the molecule is CC(O)C(O)Cc1ccco1. The standard InChI is InChI=1S/C8H12O3/c1-6(9)8(10)5-7-3-2-4-11-7/h2-4,6,8-10H,5H2,1H3. The van der Waals surface area contributed by atoms with Crippen molar-refractivity contribution in [3.8, 4) is 0 Å². The number of rotatable bonds is 3. The van der Waals surface area contributed by atoms with Crippen molar-refractivity contribution < 1.29 is 14.6 Å². The smallest absolute Gasteiger partial charge is 0.106 e. The molecule has 0 aliphatic heterocycles. The van der Waals surface area contributed by atoms with Crippen LogP contribution >= 0.6 is 0 Å². The Hall–Kier alpha value is -0.800. The Morgan fingerprint density at radius 1 is 1.55 bits per heavy atom. The van der Waals surface area contributed by atoms with Gasteiger partial charge in [0, 0.05) is 6.42 Å². The summed E-state index contributed by atoms with van der Waals surface area (Å²) < 4.78 is 4.98. The highest BCUT2D eigenvalue weighted by molar-refractivity contribution is 4.99. The third-order valence-electron chi connectivity index (χ3n) is 1.55. The molecule has 2 N–H and O–H groups in total. The van der Waals surface area contributed by atoms with E-state index in [2.05, 4.69) is 0 Å².